The number of aromatic amines is 1. The number of aromatic nitrogens is 2. The number of nitrogens with zero attached hydrogens (tertiary/aromatic N) is 1. The summed E-state index contributed by atoms with van der Waals surface area (Å²) in [5, 5.41) is 3.70. The SMILES string of the molecule is CCC1CCCC(NCCc2cnc[nH]2)CC1. The van der Waals surface area contributed by atoms with Crippen molar-refractivity contribution in [1.29, 1.82) is 0 Å². The van der Waals surface area contributed by atoms with Gasteiger partial charge < -0.3 is 10.3 Å². The van der Waals surface area contributed by atoms with Crippen LogP contribution in [0.4, 0.5) is 0 Å². The Morgan fingerprint density at radius 1 is 1.35 bits per heavy atom. The summed E-state index contributed by atoms with van der Waals surface area (Å²) in [7, 11) is 0. The smallest absolute Gasteiger partial charge is 0.0921 e. The van der Waals surface area contributed by atoms with Crippen LogP contribution in [0.2, 0.25) is 0 Å². The van der Waals surface area contributed by atoms with Crippen LogP contribution >= 0.6 is 0 Å². The maximum Gasteiger partial charge on any atom is 0.0921 e. The summed E-state index contributed by atoms with van der Waals surface area (Å²) in [4.78, 5) is 7.19. The van der Waals surface area contributed by atoms with Crippen LogP contribution < -0.4 is 5.32 Å². The molecule has 2 rings (SSSR count). The van der Waals surface area contributed by atoms with Gasteiger partial charge in [-0.25, -0.2) is 4.98 Å². The second kappa shape index (κ2) is 6.80. The zero-order chi connectivity index (χ0) is 11.9. The summed E-state index contributed by atoms with van der Waals surface area (Å²) in [5.74, 6) is 0.981. The predicted octanol–water partition coefficient (Wildman–Crippen LogP) is 2.90. The van der Waals surface area contributed by atoms with E-state index in [0.29, 0.717) is 0 Å². The van der Waals surface area contributed by atoms with Gasteiger partial charge in [0.1, 0.15) is 0 Å². The van der Waals surface area contributed by atoms with Gasteiger partial charge in [0.2, 0.25) is 0 Å². The molecule has 1 aromatic heterocycles. The Kier molecular flexibility index (Phi) is 5.05. The zero-order valence-electron chi connectivity index (χ0n) is 10.9. The van der Waals surface area contributed by atoms with Crippen LogP contribution in [0.5, 0.6) is 0 Å². The van der Waals surface area contributed by atoms with E-state index in [1.165, 1.54) is 44.2 Å². The second-order valence-corrected chi connectivity index (χ2v) is 5.26. The Morgan fingerprint density at radius 2 is 2.29 bits per heavy atom. The molecule has 3 nitrogen and oxygen atoms in total. The van der Waals surface area contributed by atoms with Gasteiger partial charge in [-0.1, -0.05) is 26.2 Å². The molecule has 96 valence electrons. The van der Waals surface area contributed by atoms with Crippen molar-refractivity contribution in [3.05, 3.63) is 18.2 Å². The lowest BCUT2D eigenvalue weighted by atomic mass is 9.98. The summed E-state index contributed by atoms with van der Waals surface area (Å²) in [6.45, 7) is 3.40. The highest BCUT2D eigenvalue weighted by Crippen LogP contribution is 2.25. The topological polar surface area (TPSA) is 40.7 Å². The standard InChI is InChI=1S/C14H25N3/c1-2-12-4-3-5-13(7-6-12)16-9-8-14-10-15-11-17-14/h10-13,16H,2-9H2,1H3,(H,15,17). The van der Waals surface area contributed by atoms with E-state index in [1.54, 1.807) is 6.33 Å². The van der Waals surface area contributed by atoms with Gasteiger partial charge in [-0.15, -0.1) is 0 Å². The Morgan fingerprint density at radius 3 is 3.06 bits per heavy atom. The van der Waals surface area contributed by atoms with E-state index >= 15 is 0 Å². The predicted molar refractivity (Wildman–Crippen MR) is 70.9 cm³/mol. The van der Waals surface area contributed by atoms with Crippen LogP contribution in [0.25, 0.3) is 0 Å². The molecule has 1 fully saturated rings. The van der Waals surface area contributed by atoms with Crippen molar-refractivity contribution in [1.82, 2.24) is 15.3 Å². The quantitative estimate of drug-likeness (QED) is 0.770. The molecular weight excluding hydrogens is 210 g/mol. The van der Waals surface area contributed by atoms with Crippen molar-refractivity contribution < 1.29 is 0 Å². The number of hydrogen-bond donors (Lipinski definition) is 2. The van der Waals surface area contributed by atoms with Gasteiger partial charge in [0.15, 0.2) is 0 Å². The first-order valence-corrected chi connectivity index (χ1v) is 7.09. The number of H-pyrrole nitrogens is 1. The first-order valence-electron chi connectivity index (χ1n) is 7.09. The van der Waals surface area contributed by atoms with Crippen molar-refractivity contribution >= 4 is 0 Å². The second-order valence-electron chi connectivity index (χ2n) is 5.26. The minimum absolute atomic E-state index is 0.745. The molecule has 0 saturated heterocycles. The van der Waals surface area contributed by atoms with Crippen LogP contribution in [0.1, 0.15) is 51.1 Å². The molecule has 0 aromatic carbocycles. The lowest BCUT2D eigenvalue weighted by molar-refractivity contribution is 0.426. The molecule has 1 saturated carbocycles. The molecule has 0 aliphatic heterocycles. The number of rotatable bonds is 5. The summed E-state index contributed by atoms with van der Waals surface area (Å²) < 4.78 is 0. The highest BCUT2D eigenvalue weighted by atomic mass is 14.9. The molecule has 0 bridgehead atoms. The number of hydrogen-bond acceptors (Lipinski definition) is 2. The monoisotopic (exact) mass is 235 g/mol. The van der Waals surface area contributed by atoms with Crippen LogP contribution in [-0.4, -0.2) is 22.6 Å². The van der Waals surface area contributed by atoms with E-state index in [4.69, 9.17) is 0 Å². The fraction of sp³-hybridized carbons (Fsp3) is 0.786. The average molecular weight is 235 g/mol. The maximum absolute atomic E-state index is 4.04. The van der Waals surface area contributed by atoms with E-state index in [1.807, 2.05) is 6.20 Å². The summed E-state index contributed by atoms with van der Waals surface area (Å²) in [5.41, 5.74) is 1.23. The van der Waals surface area contributed by atoms with E-state index in [2.05, 4.69) is 22.2 Å². The van der Waals surface area contributed by atoms with Crippen molar-refractivity contribution in [2.45, 2.75) is 57.9 Å². The van der Waals surface area contributed by atoms with Gasteiger partial charge in [0, 0.05) is 30.9 Å². The van der Waals surface area contributed by atoms with E-state index < -0.39 is 0 Å². The van der Waals surface area contributed by atoms with Gasteiger partial charge in [-0.2, -0.15) is 0 Å². The maximum atomic E-state index is 4.04. The fourth-order valence-electron chi connectivity index (χ4n) is 2.82. The zero-order valence-corrected chi connectivity index (χ0v) is 10.9. The summed E-state index contributed by atoms with van der Waals surface area (Å²) >= 11 is 0. The molecule has 0 spiro atoms. The van der Waals surface area contributed by atoms with Crippen molar-refractivity contribution in [3.63, 3.8) is 0 Å². The van der Waals surface area contributed by atoms with Crippen LogP contribution in [0.15, 0.2) is 12.5 Å². The molecule has 1 heterocycles. The highest BCUT2D eigenvalue weighted by molar-refractivity contribution is 4.94. The molecule has 1 aliphatic rings. The minimum Gasteiger partial charge on any atom is -0.348 e. The lowest BCUT2D eigenvalue weighted by Gasteiger charge is -2.16. The third-order valence-electron chi connectivity index (χ3n) is 4.05. The highest BCUT2D eigenvalue weighted by Gasteiger charge is 2.16. The molecular formula is C14H25N3. The molecule has 3 heteroatoms. The summed E-state index contributed by atoms with van der Waals surface area (Å²) in [6, 6.07) is 0.745. The van der Waals surface area contributed by atoms with E-state index in [9.17, 15) is 0 Å². The minimum atomic E-state index is 0.745. The summed E-state index contributed by atoms with van der Waals surface area (Å²) in [6.07, 6.45) is 13.1. The first kappa shape index (κ1) is 12.6. The van der Waals surface area contributed by atoms with Crippen molar-refractivity contribution in [3.8, 4) is 0 Å². The van der Waals surface area contributed by atoms with Gasteiger partial charge in [0.25, 0.3) is 0 Å². The third kappa shape index (κ3) is 4.15. The van der Waals surface area contributed by atoms with E-state index in [-0.39, 0.29) is 0 Å². The average Bonchev–Trinajstić information content (AvgIpc) is 2.75. The molecule has 0 amide bonds. The molecule has 0 radical (unpaired) electrons. The van der Waals surface area contributed by atoms with Gasteiger partial charge in [-0.3, -0.25) is 0 Å². The largest absolute Gasteiger partial charge is 0.348 e. The molecule has 2 atom stereocenters. The first-order chi connectivity index (χ1) is 8.38. The molecule has 1 aromatic rings. The Balaban J connectivity index is 1.65. The van der Waals surface area contributed by atoms with Crippen LogP contribution in [-0.2, 0) is 6.42 Å². The normalized spacial score (nSPS) is 25.7. The Hall–Kier alpha value is -0.830. The van der Waals surface area contributed by atoms with Crippen molar-refractivity contribution in [2.75, 3.05) is 6.54 Å². The van der Waals surface area contributed by atoms with Gasteiger partial charge in [0.05, 0.1) is 6.33 Å². The van der Waals surface area contributed by atoms with Gasteiger partial charge >= 0.3 is 0 Å². The molecule has 17 heavy (non-hydrogen) atoms. The molecule has 2 unspecified atom stereocenters. The Labute approximate surface area is 104 Å². The van der Waals surface area contributed by atoms with Crippen molar-refractivity contribution in [2.24, 2.45) is 5.92 Å². The number of nitrogens with one attached hydrogen (secondary N) is 2. The van der Waals surface area contributed by atoms with Crippen LogP contribution in [0, 0.1) is 5.92 Å². The lowest BCUT2D eigenvalue weighted by Crippen LogP contribution is -2.30. The fourth-order valence-corrected chi connectivity index (χ4v) is 2.82. The Bertz CT molecular complexity index is 294. The van der Waals surface area contributed by atoms with Gasteiger partial charge in [-0.05, 0) is 25.2 Å². The third-order valence-corrected chi connectivity index (χ3v) is 4.05. The number of imidazole rings is 1. The molecule has 1 aliphatic carbocycles. The molecule has 2 N–H and O–H groups in total. The van der Waals surface area contributed by atoms with Crippen LogP contribution in [0.3, 0.4) is 0 Å². The van der Waals surface area contributed by atoms with E-state index in [0.717, 1.165) is 24.9 Å².